The molecule has 2 rings (SSSR count). The van der Waals surface area contributed by atoms with E-state index in [0.717, 1.165) is 5.01 Å². The summed E-state index contributed by atoms with van der Waals surface area (Å²) in [6, 6.07) is 1.57. The van der Waals surface area contributed by atoms with Crippen molar-refractivity contribution in [2.24, 2.45) is 0 Å². The number of carbonyl (C=O) groups is 2. The van der Waals surface area contributed by atoms with Gasteiger partial charge in [-0.05, 0) is 19.9 Å². The molecule has 6 nitrogen and oxygen atoms in total. The fraction of sp³-hybridized carbons (Fsp3) is 0.308. The lowest BCUT2D eigenvalue weighted by Gasteiger charge is -1.99. The topological polar surface area (TPSA) is 81.4 Å². The number of thiazole rings is 1. The van der Waals surface area contributed by atoms with Crippen LogP contribution in [0.25, 0.3) is 0 Å². The summed E-state index contributed by atoms with van der Waals surface area (Å²) in [7, 11) is 1.31. The maximum atomic E-state index is 11.8. The molecule has 2 aromatic heterocycles. The number of nitrogens with zero attached hydrogens (tertiary/aromatic N) is 1. The Hall–Kier alpha value is -2.15. The monoisotopic (exact) mass is 294 g/mol. The number of aryl methyl sites for hydroxylation is 2. The molecular weight excluding hydrogens is 280 g/mol. The van der Waals surface area contributed by atoms with Gasteiger partial charge in [-0.3, -0.25) is 4.79 Å². The van der Waals surface area contributed by atoms with Crippen LogP contribution in [0.5, 0.6) is 0 Å². The third kappa shape index (κ3) is 3.05. The zero-order valence-electron chi connectivity index (χ0n) is 11.4. The van der Waals surface area contributed by atoms with Gasteiger partial charge in [0.05, 0.1) is 24.9 Å². The second-order valence-corrected chi connectivity index (χ2v) is 5.34. The predicted octanol–water partition coefficient (Wildman–Crippen LogP) is 2.07. The van der Waals surface area contributed by atoms with E-state index in [1.165, 1.54) is 24.6 Å². The molecule has 20 heavy (non-hydrogen) atoms. The first-order valence-electron chi connectivity index (χ1n) is 5.89. The van der Waals surface area contributed by atoms with Gasteiger partial charge in [0.15, 0.2) is 0 Å². The molecule has 0 saturated heterocycles. The van der Waals surface area contributed by atoms with Crippen molar-refractivity contribution < 1.29 is 18.7 Å². The van der Waals surface area contributed by atoms with Crippen LogP contribution < -0.4 is 5.32 Å². The second kappa shape index (κ2) is 5.87. The van der Waals surface area contributed by atoms with E-state index in [-0.39, 0.29) is 12.5 Å². The molecule has 0 bridgehead atoms. The van der Waals surface area contributed by atoms with E-state index in [0.29, 0.717) is 22.0 Å². The van der Waals surface area contributed by atoms with E-state index in [1.54, 1.807) is 13.0 Å². The van der Waals surface area contributed by atoms with E-state index < -0.39 is 5.97 Å². The van der Waals surface area contributed by atoms with Gasteiger partial charge in [0.25, 0.3) is 5.91 Å². The molecule has 1 N–H and O–H groups in total. The van der Waals surface area contributed by atoms with Crippen molar-refractivity contribution in [2.45, 2.75) is 20.4 Å². The van der Waals surface area contributed by atoms with Crippen LogP contribution in [0.3, 0.4) is 0 Å². The first-order valence-corrected chi connectivity index (χ1v) is 6.71. The quantitative estimate of drug-likeness (QED) is 0.873. The fourth-order valence-electron chi connectivity index (χ4n) is 1.66. The lowest BCUT2D eigenvalue weighted by molar-refractivity contribution is 0.0598. The molecule has 0 saturated carbocycles. The molecule has 2 heterocycles. The number of hydrogen-bond donors (Lipinski definition) is 1. The van der Waals surface area contributed by atoms with Crippen molar-refractivity contribution in [1.29, 1.82) is 0 Å². The Morgan fingerprint density at radius 3 is 2.80 bits per heavy atom. The lowest BCUT2D eigenvalue weighted by Crippen LogP contribution is -2.21. The number of methoxy groups -OCH3 is 1. The molecule has 7 heteroatoms. The number of hydrogen-bond acceptors (Lipinski definition) is 6. The summed E-state index contributed by atoms with van der Waals surface area (Å²) in [6.45, 7) is 3.71. The van der Waals surface area contributed by atoms with Crippen molar-refractivity contribution in [3.63, 3.8) is 0 Å². The van der Waals surface area contributed by atoms with Gasteiger partial charge in [0.2, 0.25) is 0 Å². The number of furan rings is 1. The number of esters is 1. The van der Waals surface area contributed by atoms with E-state index >= 15 is 0 Å². The summed E-state index contributed by atoms with van der Waals surface area (Å²) in [5, 5.41) is 3.54. The van der Waals surface area contributed by atoms with Gasteiger partial charge in [0, 0.05) is 0 Å². The summed E-state index contributed by atoms with van der Waals surface area (Å²) < 4.78 is 10.0. The molecule has 0 spiro atoms. The minimum Gasteiger partial charge on any atom is -0.465 e. The maximum Gasteiger partial charge on any atom is 0.341 e. The summed E-state index contributed by atoms with van der Waals surface area (Å²) in [5.41, 5.74) is 0.366. The van der Waals surface area contributed by atoms with Crippen molar-refractivity contribution in [3.8, 4) is 0 Å². The molecular formula is C13H14N2O4S. The van der Waals surface area contributed by atoms with Gasteiger partial charge in [-0.2, -0.15) is 0 Å². The standard InChI is InChI=1S/C13H14N2O4S/c1-7-10(13(17)18-3)4-9(19-7)5-15-12(16)11-6-14-8(2)20-11/h4,6H,5H2,1-3H3,(H,15,16). The average Bonchev–Trinajstić information content (AvgIpc) is 3.01. The summed E-state index contributed by atoms with van der Waals surface area (Å²) >= 11 is 1.32. The highest BCUT2D eigenvalue weighted by molar-refractivity contribution is 7.13. The van der Waals surface area contributed by atoms with Crippen LogP contribution in [0, 0.1) is 13.8 Å². The predicted molar refractivity (Wildman–Crippen MR) is 72.8 cm³/mol. The largest absolute Gasteiger partial charge is 0.465 e. The van der Waals surface area contributed by atoms with Gasteiger partial charge >= 0.3 is 5.97 Å². The average molecular weight is 294 g/mol. The minimum atomic E-state index is -0.457. The molecule has 1 amide bonds. The van der Waals surface area contributed by atoms with E-state index in [1.807, 2.05) is 6.92 Å². The van der Waals surface area contributed by atoms with Crippen molar-refractivity contribution in [1.82, 2.24) is 10.3 Å². The van der Waals surface area contributed by atoms with Gasteiger partial charge in [0.1, 0.15) is 22.0 Å². The van der Waals surface area contributed by atoms with Gasteiger partial charge < -0.3 is 14.5 Å². The first kappa shape index (κ1) is 14.3. The maximum absolute atomic E-state index is 11.8. The number of nitrogens with one attached hydrogen (secondary N) is 1. The Morgan fingerprint density at radius 2 is 2.20 bits per heavy atom. The van der Waals surface area contributed by atoms with E-state index in [9.17, 15) is 9.59 Å². The van der Waals surface area contributed by atoms with Gasteiger partial charge in [-0.15, -0.1) is 11.3 Å². The molecule has 106 valence electrons. The highest BCUT2D eigenvalue weighted by atomic mass is 32.1. The van der Waals surface area contributed by atoms with Crippen LogP contribution in [-0.4, -0.2) is 24.0 Å². The van der Waals surface area contributed by atoms with Crippen LogP contribution in [0.1, 0.15) is 36.6 Å². The van der Waals surface area contributed by atoms with Crippen molar-refractivity contribution >= 4 is 23.2 Å². The van der Waals surface area contributed by atoms with E-state index in [2.05, 4.69) is 15.0 Å². The Bertz CT molecular complexity index is 645. The molecule has 0 fully saturated rings. The summed E-state index contributed by atoms with van der Waals surface area (Å²) in [6.07, 6.45) is 1.53. The number of rotatable bonds is 4. The summed E-state index contributed by atoms with van der Waals surface area (Å²) in [5.74, 6) is 0.290. The van der Waals surface area contributed by atoms with Gasteiger partial charge in [-0.25, -0.2) is 9.78 Å². The molecule has 0 aliphatic rings. The fourth-order valence-corrected chi connectivity index (χ4v) is 2.36. The van der Waals surface area contributed by atoms with Crippen molar-refractivity contribution in [3.05, 3.63) is 39.2 Å². The lowest BCUT2D eigenvalue weighted by atomic mass is 10.2. The SMILES string of the molecule is COC(=O)c1cc(CNC(=O)c2cnc(C)s2)oc1C. The molecule has 0 atom stereocenters. The molecule has 0 aromatic carbocycles. The number of aromatic nitrogens is 1. The number of carbonyl (C=O) groups excluding carboxylic acids is 2. The van der Waals surface area contributed by atoms with Crippen LogP contribution in [0.4, 0.5) is 0 Å². The number of ether oxygens (including phenoxy) is 1. The Kier molecular flexibility index (Phi) is 4.19. The zero-order valence-corrected chi connectivity index (χ0v) is 12.2. The minimum absolute atomic E-state index is 0.202. The summed E-state index contributed by atoms with van der Waals surface area (Å²) in [4.78, 5) is 27.8. The Labute approximate surface area is 119 Å². The van der Waals surface area contributed by atoms with Crippen LogP contribution in [-0.2, 0) is 11.3 Å². The Morgan fingerprint density at radius 1 is 1.45 bits per heavy atom. The second-order valence-electron chi connectivity index (χ2n) is 4.10. The third-order valence-electron chi connectivity index (χ3n) is 2.64. The first-order chi connectivity index (χ1) is 9.51. The van der Waals surface area contributed by atoms with Gasteiger partial charge in [-0.1, -0.05) is 0 Å². The number of amides is 1. The highest BCUT2D eigenvalue weighted by Gasteiger charge is 2.16. The smallest absolute Gasteiger partial charge is 0.341 e. The Balaban J connectivity index is 2.01. The zero-order chi connectivity index (χ0) is 14.7. The highest BCUT2D eigenvalue weighted by Crippen LogP contribution is 2.16. The molecule has 0 aliphatic carbocycles. The van der Waals surface area contributed by atoms with Crippen LogP contribution in [0.15, 0.2) is 16.7 Å². The normalized spacial score (nSPS) is 10.3. The molecule has 2 aromatic rings. The van der Waals surface area contributed by atoms with Crippen molar-refractivity contribution in [2.75, 3.05) is 7.11 Å². The third-order valence-corrected chi connectivity index (χ3v) is 3.55. The molecule has 0 aliphatic heterocycles. The van der Waals surface area contributed by atoms with E-state index in [4.69, 9.17) is 4.42 Å². The molecule has 0 radical (unpaired) electrons. The van der Waals surface area contributed by atoms with Crippen LogP contribution >= 0.6 is 11.3 Å². The molecule has 0 unspecified atom stereocenters. The van der Waals surface area contributed by atoms with Crippen LogP contribution in [0.2, 0.25) is 0 Å².